The second-order valence-electron chi connectivity index (χ2n) is 5.65. The third-order valence-corrected chi connectivity index (χ3v) is 3.63. The molecule has 8 heteroatoms. The topological polar surface area (TPSA) is 90.9 Å². The minimum absolute atomic E-state index is 0.0875. The van der Waals surface area contributed by atoms with E-state index in [1.54, 1.807) is 25.1 Å². The van der Waals surface area contributed by atoms with Gasteiger partial charge in [-0.05, 0) is 42.8 Å². The lowest BCUT2D eigenvalue weighted by Crippen LogP contribution is -2.21. The van der Waals surface area contributed by atoms with E-state index in [1.165, 1.54) is 37.5 Å². The molecule has 152 valence electrons. The van der Waals surface area contributed by atoms with Crippen LogP contribution >= 0.6 is 0 Å². The van der Waals surface area contributed by atoms with E-state index in [0.717, 1.165) is 6.08 Å². The molecule has 0 atom stereocenters. The molecular weight excluding hydrogens is 381 g/mol. The SMILES string of the molecule is CCOC(=O)c1ccccc1NC(=O)COC(=O)/C=C/c1ccc(OC)c(F)c1. The number of hydrogen-bond acceptors (Lipinski definition) is 6. The normalized spacial score (nSPS) is 10.4. The van der Waals surface area contributed by atoms with Crippen LogP contribution in [0.25, 0.3) is 6.08 Å². The fourth-order valence-corrected chi connectivity index (χ4v) is 2.30. The van der Waals surface area contributed by atoms with E-state index in [9.17, 15) is 18.8 Å². The summed E-state index contributed by atoms with van der Waals surface area (Å²) in [6.07, 6.45) is 2.42. The van der Waals surface area contributed by atoms with Crippen molar-refractivity contribution in [3.63, 3.8) is 0 Å². The maximum absolute atomic E-state index is 13.6. The highest BCUT2D eigenvalue weighted by Crippen LogP contribution is 2.18. The lowest BCUT2D eigenvalue weighted by atomic mass is 10.2. The van der Waals surface area contributed by atoms with Crippen molar-refractivity contribution >= 4 is 29.6 Å². The van der Waals surface area contributed by atoms with Crippen LogP contribution in [0.1, 0.15) is 22.8 Å². The Hall–Kier alpha value is -3.68. The molecule has 1 amide bonds. The van der Waals surface area contributed by atoms with E-state index >= 15 is 0 Å². The molecule has 0 spiro atoms. The second-order valence-corrected chi connectivity index (χ2v) is 5.65. The first-order chi connectivity index (χ1) is 13.9. The van der Waals surface area contributed by atoms with Crippen molar-refractivity contribution in [1.82, 2.24) is 0 Å². The minimum Gasteiger partial charge on any atom is -0.494 e. The molecular formula is C21H20FNO6. The number of anilines is 1. The average Bonchev–Trinajstić information content (AvgIpc) is 2.71. The van der Waals surface area contributed by atoms with Crippen LogP contribution in [-0.4, -0.2) is 38.2 Å². The zero-order valence-corrected chi connectivity index (χ0v) is 15.9. The van der Waals surface area contributed by atoms with Crippen LogP contribution in [-0.2, 0) is 19.1 Å². The van der Waals surface area contributed by atoms with Gasteiger partial charge in [0.05, 0.1) is 25.0 Å². The van der Waals surface area contributed by atoms with Crippen LogP contribution in [0.3, 0.4) is 0 Å². The molecule has 0 heterocycles. The molecule has 0 aromatic heterocycles. The summed E-state index contributed by atoms with van der Waals surface area (Å²) in [7, 11) is 1.35. The zero-order valence-electron chi connectivity index (χ0n) is 15.9. The summed E-state index contributed by atoms with van der Waals surface area (Å²) >= 11 is 0. The maximum Gasteiger partial charge on any atom is 0.340 e. The minimum atomic E-state index is -0.782. The number of halogens is 1. The van der Waals surface area contributed by atoms with Gasteiger partial charge in [0.15, 0.2) is 18.2 Å². The van der Waals surface area contributed by atoms with E-state index in [-0.39, 0.29) is 23.6 Å². The van der Waals surface area contributed by atoms with E-state index in [2.05, 4.69) is 5.32 Å². The second kappa shape index (κ2) is 10.6. The number of benzene rings is 2. The average molecular weight is 401 g/mol. The molecule has 2 rings (SSSR count). The van der Waals surface area contributed by atoms with Gasteiger partial charge in [-0.2, -0.15) is 0 Å². The first kappa shape index (κ1) is 21.6. The van der Waals surface area contributed by atoms with E-state index in [0.29, 0.717) is 5.56 Å². The van der Waals surface area contributed by atoms with Crippen LogP contribution < -0.4 is 10.1 Å². The molecule has 0 unspecified atom stereocenters. The van der Waals surface area contributed by atoms with Gasteiger partial charge in [0.2, 0.25) is 0 Å². The van der Waals surface area contributed by atoms with Crippen molar-refractivity contribution in [2.75, 3.05) is 25.6 Å². The molecule has 0 saturated carbocycles. The molecule has 2 aromatic rings. The number of nitrogens with one attached hydrogen (secondary N) is 1. The van der Waals surface area contributed by atoms with Crippen LogP contribution in [0.4, 0.5) is 10.1 Å². The van der Waals surface area contributed by atoms with Crippen molar-refractivity contribution in [3.05, 3.63) is 65.5 Å². The summed E-state index contributed by atoms with van der Waals surface area (Å²) < 4.78 is 28.2. The Labute approximate surface area is 167 Å². The van der Waals surface area contributed by atoms with E-state index in [1.807, 2.05) is 0 Å². The lowest BCUT2D eigenvalue weighted by Gasteiger charge is -2.10. The predicted octanol–water partition coefficient (Wildman–Crippen LogP) is 3.21. The molecule has 0 aliphatic carbocycles. The summed E-state index contributed by atoms with van der Waals surface area (Å²) in [5.74, 6) is -2.46. The standard InChI is InChI=1S/C21H20FNO6/c1-3-28-21(26)15-6-4-5-7-17(15)23-19(24)13-29-20(25)11-9-14-8-10-18(27-2)16(22)12-14/h4-12H,3,13H2,1-2H3,(H,23,24)/b11-9+. The fourth-order valence-electron chi connectivity index (χ4n) is 2.30. The van der Waals surface area contributed by atoms with E-state index in [4.69, 9.17) is 14.2 Å². The number of carbonyl (C=O) groups excluding carboxylic acids is 3. The highest BCUT2D eigenvalue weighted by atomic mass is 19.1. The Morgan fingerprint density at radius 1 is 1.10 bits per heavy atom. The quantitative estimate of drug-likeness (QED) is 0.540. The van der Waals surface area contributed by atoms with Gasteiger partial charge in [-0.1, -0.05) is 18.2 Å². The molecule has 0 aliphatic rings. The van der Waals surface area contributed by atoms with Gasteiger partial charge in [-0.25, -0.2) is 14.0 Å². The molecule has 0 radical (unpaired) electrons. The van der Waals surface area contributed by atoms with Crippen LogP contribution in [0.15, 0.2) is 48.5 Å². The number of rotatable bonds is 8. The Kier molecular flexibility index (Phi) is 7.90. The van der Waals surface area contributed by atoms with Gasteiger partial charge in [0.1, 0.15) is 0 Å². The summed E-state index contributed by atoms with van der Waals surface area (Å²) in [4.78, 5) is 35.7. The maximum atomic E-state index is 13.6. The number of hydrogen-bond donors (Lipinski definition) is 1. The van der Waals surface area contributed by atoms with Crippen LogP contribution in [0.5, 0.6) is 5.75 Å². The van der Waals surface area contributed by atoms with E-state index < -0.39 is 30.3 Å². The highest BCUT2D eigenvalue weighted by molar-refractivity contribution is 6.02. The Balaban J connectivity index is 1.90. The number of esters is 2. The van der Waals surface area contributed by atoms with Crippen LogP contribution in [0.2, 0.25) is 0 Å². The Morgan fingerprint density at radius 2 is 1.86 bits per heavy atom. The van der Waals surface area contributed by atoms with Gasteiger partial charge in [-0.3, -0.25) is 4.79 Å². The number of amides is 1. The van der Waals surface area contributed by atoms with Gasteiger partial charge in [0.25, 0.3) is 5.91 Å². The molecule has 7 nitrogen and oxygen atoms in total. The molecule has 1 N–H and O–H groups in total. The largest absolute Gasteiger partial charge is 0.494 e. The molecule has 0 aliphatic heterocycles. The summed E-state index contributed by atoms with van der Waals surface area (Å²) in [6, 6.07) is 10.5. The van der Waals surface area contributed by atoms with Crippen molar-refractivity contribution in [3.8, 4) is 5.75 Å². The smallest absolute Gasteiger partial charge is 0.340 e. The van der Waals surface area contributed by atoms with Gasteiger partial charge in [0, 0.05) is 6.08 Å². The fraction of sp³-hybridized carbons (Fsp3) is 0.190. The van der Waals surface area contributed by atoms with Gasteiger partial charge < -0.3 is 19.5 Å². The first-order valence-electron chi connectivity index (χ1n) is 8.69. The zero-order chi connectivity index (χ0) is 21.2. The predicted molar refractivity (Wildman–Crippen MR) is 104 cm³/mol. The molecule has 0 saturated heterocycles. The van der Waals surface area contributed by atoms with Crippen molar-refractivity contribution in [1.29, 1.82) is 0 Å². The molecule has 0 bridgehead atoms. The number of ether oxygens (including phenoxy) is 3. The molecule has 0 fully saturated rings. The Morgan fingerprint density at radius 3 is 2.55 bits per heavy atom. The molecule has 2 aromatic carbocycles. The van der Waals surface area contributed by atoms with Crippen molar-refractivity contribution in [2.24, 2.45) is 0 Å². The number of methoxy groups -OCH3 is 1. The number of para-hydroxylation sites is 1. The third-order valence-electron chi connectivity index (χ3n) is 3.63. The van der Waals surface area contributed by atoms with Gasteiger partial charge >= 0.3 is 11.9 Å². The lowest BCUT2D eigenvalue weighted by molar-refractivity contribution is -0.142. The van der Waals surface area contributed by atoms with Crippen molar-refractivity contribution < 1.29 is 33.0 Å². The summed E-state index contributed by atoms with van der Waals surface area (Å²) in [5.41, 5.74) is 0.861. The third kappa shape index (κ3) is 6.46. The monoisotopic (exact) mass is 401 g/mol. The van der Waals surface area contributed by atoms with Crippen molar-refractivity contribution in [2.45, 2.75) is 6.92 Å². The van der Waals surface area contributed by atoms with Crippen LogP contribution in [0, 0.1) is 5.82 Å². The summed E-state index contributed by atoms with van der Waals surface area (Å²) in [5, 5.41) is 2.49. The Bertz CT molecular complexity index is 925. The first-order valence-corrected chi connectivity index (χ1v) is 8.69. The molecule has 29 heavy (non-hydrogen) atoms. The highest BCUT2D eigenvalue weighted by Gasteiger charge is 2.14. The number of carbonyl (C=O) groups is 3. The summed E-state index contributed by atoms with van der Waals surface area (Å²) in [6.45, 7) is 1.31. The van der Waals surface area contributed by atoms with Gasteiger partial charge in [-0.15, -0.1) is 0 Å².